The fourth-order valence-electron chi connectivity index (χ4n) is 1.84. The van der Waals surface area contributed by atoms with Crippen molar-refractivity contribution in [3.05, 3.63) is 45.3 Å². The van der Waals surface area contributed by atoms with E-state index in [4.69, 9.17) is 0 Å². The van der Waals surface area contributed by atoms with Gasteiger partial charge in [0, 0.05) is 18.2 Å². The number of thiophene rings is 2. The number of ketones is 1. The number of anilines is 1. The Hall–Kier alpha value is -1.83. The fourth-order valence-corrected chi connectivity index (χ4v) is 4.02. The average molecular weight is 348 g/mol. The predicted octanol–water partition coefficient (Wildman–Crippen LogP) is 4.53. The molecule has 112 valence electrons. The van der Waals surface area contributed by atoms with Crippen molar-refractivity contribution in [1.29, 1.82) is 0 Å². The molecule has 0 aliphatic rings. The van der Waals surface area contributed by atoms with Crippen LogP contribution in [0.4, 0.5) is 5.13 Å². The monoisotopic (exact) mass is 348 g/mol. The fraction of sp³-hybridized carbons (Fsp3) is 0.133. The summed E-state index contributed by atoms with van der Waals surface area (Å²) in [7, 11) is 0. The molecule has 7 heteroatoms. The Balaban J connectivity index is 1.53. The second-order valence-electron chi connectivity index (χ2n) is 4.46. The molecule has 0 aromatic carbocycles. The highest BCUT2D eigenvalue weighted by atomic mass is 32.1. The van der Waals surface area contributed by atoms with Crippen molar-refractivity contribution in [2.75, 3.05) is 5.32 Å². The van der Waals surface area contributed by atoms with Gasteiger partial charge in [0.2, 0.25) is 5.91 Å². The van der Waals surface area contributed by atoms with Crippen LogP contribution in [0.15, 0.2) is 40.4 Å². The third-order valence-electron chi connectivity index (χ3n) is 2.90. The summed E-state index contributed by atoms with van der Waals surface area (Å²) in [5, 5.41) is 9.08. The Bertz CT molecular complexity index is 761. The van der Waals surface area contributed by atoms with Crippen molar-refractivity contribution in [2.45, 2.75) is 12.8 Å². The number of amides is 1. The van der Waals surface area contributed by atoms with Gasteiger partial charge in [-0.2, -0.15) is 0 Å². The summed E-state index contributed by atoms with van der Waals surface area (Å²) < 4.78 is 0. The number of hydrogen-bond acceptors (Lipinski definition) is 6. The van der Waals surface area contributed by atoms with Gasteiger partial charge in [-0.25, -0.2) is 4.98 Å². The van der Waals surface area contributed by atoms with Crippen LogP contribution in [0.25, 0.3) is 10.6 Å². The molecule has 0 atom stereocenters. The SMILES string of the molecule is O=C(CCC(=O)c1cccs1)Nc1nc(-c2cccs2)cs1. The Morgan fingerprint density at radius 3 is 2.59 bits per heavy atom. The number of rotatable bonds is 6. The van der Waals surface area contributed by atoms with Gasteiger partial charge in [0.05, 0.1) is 15.4 Å². The maximum Gasteiger partial charge on any atom is 0.226 e. The molecule has 0 aliphatic carbocycles. The molecule has 0 saturated heterocycles. The molecular formula is C15H12N2O2S3. The number of hydrogen-bond donors (Lipinski definition) is 1. The molecule has 0 radical (unpaired) electrons. The van der Waals surface area contributed by atoms with Gasteiger partial charge in [-0.05, 0) is 22.9 Å². The Morgan fingerprint density at radius 1 is 1.05 bits per heavy atom. The predicted molar refractivity (Wildman–Crippen MR) is 91.9 cm³/mol. The summed E-state index contributed by atoms with van der Waals surface area (Å²) >= 11 is 4.40. The van der Waals surface area contributed by atoms with Crippen LogP contribution in [-0.4, -0.2) is 16.7 Å². The second kappa shape index (κ2) is 6.95. The van der Waals surface area contributed by atoms with Crippen LogP contribution >= 0.6 is 34.0 Å². The molecule has 22 heavy (non-hydrogen) atoms. The number of thiazole rings is 1. The van der Waals surface area contributed by atoms with E-state index in [1.54, 1.807) is 17.4 Å². The molecule has 0 saturated carbocycles. The first-order valence-electron chi connectivity index (χ1n) is 6.58. The van der Waals surface area contributed by atoms with E-state index in [0.717, 1.165) is 10.6 Å². The zero-order valence-electron chi connectivity index (χ0n) is 11.4. The molecule has 3 heterocycles. The van der Waals surface area contributed by atoms with Crippen LogP contribution in [0, 0.1) is 0 Å². The van der Waals surface area contributed by atoms with Gasteiger partial charge in [-0.1, -0.05) is 12.1 Å². The molecule has 0 fully saturated rings. The molecule has 1 amide bonds. The minimum atomic E-state index is -0.183. The lowest BCUT2D eigenvalue weighted by Crippen LogP contribution is -2.13. The molecule has 0 aliphatic heterocycles. The molecular weight excluding hydrogens is 336 g/mol. The lowest BCUT2D eigenvalue weighted by molar-refractivity contribution is -0.116. The van der Waals surface area contributed by atoms with Gasteiger partial charge < -0.3 is 5.32 Å². The van der Waals surface area contributed by atoms with Gasteiger partial charge in [0.1, 0.15) is 0 Å². The second-order valence-corrected chi connectivity index (χ2v) is 7.22. The highest BCUT2D eigenvalue weighted by Gasteiger charge is 2.12. The van der Waals surface area contributed by atoms with E-state index in [0.29, 0.717) is 10.0 Å². The lowest BCUT2D eigenvalue weighted by Gasteiger charge is -2.00. The van der Waals surface area contributed by atoms with Crippen molar-refractivity contribution in [1.82, 2.24) is 4.98 Å². The third kappa shape index (κ3) is 3.68. The molecule has 3 aromatic heterocycles. The Morgan fingerprint density at radius 2 is 1.86 bits per heavy atom. The number of nitrogens with one attached hydrogen (secondary N) is 1. The summed E-state index contributed by atoms with van der Waals surface area (Å²) in [5.74, 6) is -0.180. The zero-order chi connectivity index (χ0) is 15.4. The van der Waals surface area contributed by atoms with E-state index < -0.39 is 0 Å². The molecule has 3 rings (SSSR count). The number of carbonyl (C=O) groups excluding carboxylic acids is 2. The summed E-state index contributed by atoms with van der Waals surface area (Å²) in [6, 6.07) is 7.57. The van der Waals surface area contributed by atoms with Gasteiger partial charge in [-0.3, -0.25) is 9.59 Å². The standard InChI is InChI=1S/C15H12N2O2S3/c18-11(13-4-2-8-21-13)5-6-14(19)17-15-16-10(9-22-15)12-3-1-7-20-12/h1-4,7-9H,5-6H2,(H,16,17,19). The normalized spacial score (nSPS) is 10.5. The first kappa shape index (κ1) is 15.1. The first-order valence-corrected chi connectivity index (χ1v) is 9.22. The van der Waals surface area contributed by atoms with Crippen LogP contribution in [0.5, 0.6) is 0 Å². The Kier molecular flexibility index (Phi) is 4.77. The van der Waals surface area contributed by atoms with Gasteiger partial charge in [0.25, 0.3) is 0 Å². The maximum atomic E-state index is 11.9. The quantitative estimate of drug-likeness (QED) is 0.666. The van der Waals surface area contributed by atoms with E-state index in [-0.39, 0.29) is 24.5 Å². The van der Waals surface area contributed by atoms with Crippen molar-refractivity contribution < 1.29 is 9.59 Å². The van der Waals surface area contributed by atoms with Crippen molar-refractivity contribution in [2.24, 2.45) is 0 Å². The summed E-state index contributed by atoms with van der Waals surface area (Å²) in [4.78, 5) is 29.9. The highest BCUT2D eigenvalue weighted by molar-refractivity contribution is 7.16. The van der Waals surface area contributed by atoms with E-state index in [2.05, 4.69) is 10.3 Å². The minimum absolute atomic E-state index is 0.00330. The van der Waals surface area contributed by atoms with Crippen LogP contribution in [0.3, 0.4) is 0 Å². The molecule has 1 N–H and O–H groups in total. The third-order valence-corrected chi connectivity index (χ3v) is 5.46. The van der Waals surface area contributed by atoms with Crippen molar-refractivity contribution in [3.63, 3.8) is 0 Å². The molecule has 4 nitrogen and oxygen atoms in total. The highest BCUT2D eigenvalue weighted by Crippen LogP contribution is 2.28. The number of carbonyl (C=O) groups is 2. The molecule has 0 unspecified atom stereocenters. The van der Waals surface area contributed by atoms with E-state index in [9.17, 15) is 9.59 Å². The zero-order valence-corrected chi connectivity index (χ0v) is 13.9. The van der Waals surface area contributed by atoms with E-state index in [1.807, 2.05) is 34.3 Å². The van der Waals surface area contributed by atoms with E-state index in [1.165, 1.54) is 22.7 Å². The first-order chi connectivity index (χ1) is 10.7. The molecule has 0 spiro atoms. The summed E-state index contributed by atoms with van der Waals surface area (Å²) in [6.07, 6.45) is 0.389. The van der Waals surface area contributed by atoms with Gasteiger partial charge in [0.15, 0.2) is 10.9 Å². The van der Waals surface area contributed by atoms with Gasteiger partial charge >= 0.3 is 0 Å². The summed E-state index contributed by atoms with van der Waals surface area (Å²) in [6.45, 7) is 0. The van der Waals surface area contributed by atoms with E-state index >= 15 is 0 Å². The molecule has 0 bridgehead atoms. The van der Waals surface area contributed by atoms with Gasteiger partial charge in [-0.15, -0.1) is 34.0 Å². The minimum Gasteiger partial charge on any atom is -0.302 e. The topological polar surface area (TPSA) is 59.1 Å². The van der Waals surface area contributed by atoms with Crippen LogP contribution in [0.2, 0.25) is 0 Å². The lowest BCUT2D eigenvalue weighted by atomic mass is 10.2. The maximum absolute atomic E-state index is 11.9. The number of aromatic nitrogens is 1. The largest absolute Gasteiger partial charge is 0.302 e. The van der Waals surface area contributed by atoms with Crippen molar-refractivity contribution >= 4 is 50.8 Å². The smallest absolute Gasteiger partial charge is 0.226 e. The Labute approximate surface area is 139 Å². The molecule has 3 aromatic rings. The van der Waals surface area contributed by atoms with Crippen LogP contribution < -0.4 is 5.32 Å². The average Bonchev–Trinajstić information content (AvgIpc) is 3.23. The number of nitrogens with zero attached hydrogens (tertiary/aromatic N) is 1. The number of Topliss-reactive ketones (excluding diaryl/α,β-unsaturated/α-hetero) is 1. The summed E-state index contributed by atoms with van der Waals surface area (Å²) in [5.41, 5.74) is 0.866. The van der Waals surface area contributed by atoms with Crippen LogP contribution in [-0.2, 0) is 4.79 Å². The van der Waals surface area contributed by atoms with Crippen LogP contribution in [0.1, 0.15) is 22.5 Å². The van der Waals surface area contributed by atoms with Crippen molar-refractivity contribution in [3.8, 4) is 10.6 Å².